The lowest BCUT2D eigenvalue weighted by molar-refractivity contribution is 0.0573. The Balaban J connectivity index is 0.000000989. The van der Waals surface area contributed by atoms with Crippen molar-refractivity contribution in [3.05, 3.63) is 12.2 Å². The molecule has 2 bridgehead atoms. The van der Waals surface area contributed by atoms with Crippen molar-refractivity contribution in [2.45, 2.75) is 132 Å². The molecule has 2 heterocycles. The zero-order chi connectivity index (χ0) is 22.2. The van der Waals surface area contributed by atoms with E-state index in [1.54, 1.807) is 0 Å². The van der Waals surface area contributed by atoms with Crippen molar-refractivity contribution in [2.24, 2.45) is 35.0 Å². The van der Waals surface area contributed by atoms with Gasteiger partial charge in [-0.15, -0.1) is 0 Å². The lowest BCUT2D eigenvalue weighted by Crippen LogP contribution is -2.36. The molecule has 29 heavy (non-hydrogen) atoms. The quantitative estimate of drug-likeness (QED) is 0.347. The van der Waals surface area contributed by atoms with Crippen molar-refractivity contribution < 1.29 is 4.74 Å². The van der Waals surface area contributed by atoms with Crippen LogP contribution in [0.25, 0.3) is 0 Å². The molecule has 3 fully saturated rings. The van der Waals surface area contributed by atoms with E-state index < -0.39 is 0 Å². The molecular formula is C28H54O. The average molecular weight is 407 g/mol. The molecule has 2 saturated heterocycles. The lowest BCUT2D eigenvalue weighted by Gasteiger charge is -2.38. The van der Waals surface area contributed by atoms with Gasteiger partial charge in [-0.2, -0.15) is 0 Å². The van der Waals surface area contributed by atoms with E-state index in [1.807, 2.05) is 27.7 Å². The first-order valence-corrected chi connectivity index (χ1v) is 13.4. The number of ether oxygens (including phenoxy) is 1. The van der Waals surface area contributed by atoms with Gasteiger partial charge in [0, 0.05) is 5.92 Å². The minimum atomic E-state index is 0.485. The van der Waals surface area contributed by atoms with Gasteiger partial charge in [0.25, 0.3) is 0 Å². The number of hydrogen-bond acceptors (Lipinski definition) is 1. The summed E-state index contributed by atoms with van der Waals surface area (Å²) < 4.78 is 6.62. The molecule has 0 N–H and O–H groups in total. The van der Waals surface area contributed by atoms with E-state index >= 15 is 0 Å². The molecule has 2 aliphatic heterocycles. The molecule has 0 aromatic carbocycles. The summed E-state index contributed by atoms with van der Waals surface area (Å²) in [4.78, 5) is 0. The molecule has 3 aliphatic rings. The highest BCUT2D eigenvalue weighted by molar-refractivity contribution is 5.18. The van der Waals surface area contributed by atoms with Crippen LogP contribution < -0.4 is 0 Å². The van der Waals surface area contributed by atoms with E-state index in [4.69, 9.17) is 4.74 Å². The fourth-order valence-corrected chi connectivity index (χ4v) is 7.08. The van der Waals surface area contributed by atoms with Gasteiger partial charge >= 0.3 is 0 Å². The monoisotopic (exact) mass is 406 g/mol. The molecule has 0 radical (unpaired) electrons. The fourth-order valence-electron chi connectivity index (χ4n) is 7.08. The summed E-state index contributed by atoms with van der Waals surface area (Å²) in [5.41, 5.74) is 2.01. The first-order valence-electron chi connectivity index (χ1n) is 13.4. The van der Waals surface area contributed by atoms with Crippen molar-refractivity contribution in [1.29, 1.82) is 0 Å². The summed E-state index contributed by atoms with van der Waals surface area (Å²) >= 11 is 0. The van der Waals surface area contributed by atoms with Crippen LogP contribution in [0.2, 0.25) is 0 Å². The van der Waals surface area contributed by atoms with Gasteiger partial charge in [-0.25, -0.2) is 0 Å². The average Bonchev–Trinajstić information content (AvgIpc) is 3.47. The number of fused-ring (bicyclic) bond motifs is 5. The van der Waals surface area contributed by atoms with Gasteiger partial charge in [0.05, 0.1) is 12.2 Å². The van der Waals surface area contributed by atoms with Crippen LogP contribution in [0, 0.1) is 35.0 Å². The van der Waals surface area contributed by atoms with E-state index in [-0.39, 0.29) is 0 Å². The summed E-state index contributed by atoms with van der Waals surface area (Å²) in [6.45, 7) is 24.5. The second kappa shape index (κ2) is 12.5. The third kappa shape index (κ3) is 5.31. The minimum absolute atomic E-state index is 0.485. The highest BCUT2D eigenvalue weighted by Crippen LogP contribution is 2.61. The molecule has 0 amide bonds. The SMILES string of the molecule is C=C(CC(CC)(CC)CCC)C1CC2OC1C1C(CC)CC(CC)C21.CC.CC. The first kappa shape index (κ1) is 26.7. The normalized spacial score (nSPS) is 34.7. The summed E-state index contributed by atoms with van der Waals surface area (Å²) in [6.07, 6.45) is 12.9. The molecule has 7 atom stereocenters. The maximum atomic E-state index is 6.62. The molecule has 1 nitrogen and oxygen atoms in total. The van der Waals surface area contributed by atoms with Crippen LogP contribution in [0.5, 0.6) is 0 Å². The van der Waals surface area contributed by atoms with E-state index in [2.05, 4.69) is 41.2 Å². The Kier molecular flexibility index (Phi) is 11.6. The Morgan fingerprint density at radius 2 is 1.41 bits per heavy atom. The number of rotatable bonds is 9. The predicted octanol–water partition coefficient (Wildman–Crippen LogP) is 9.07. The van der Waals surface area contributed by atoms with Gasteiger partial charge < -0.3 is 4.74 Å². The molecule has 1 heteroatoms. The van der Waals surface area contributed by atoms with Crippen molar-refractivity contribution in [2.75, 3.05) is 0 Å². The fraction of sp³-hybridized carbons (Fsp3) is 0.929. The zero-order valence-corrected chi connectivity index (χ0v) is 21.5. The van der Waals surface area contributed by atoms with Gasteiger partial charge in [-0.1, -0.05) is 107 Å². The van der Waals surface area contributed by atoms with Crippen LogP contribution in [0.3, 0.4) is 0 Å². The first-order chi connectivity index (χ1) is 14.0. The standard InChI is InChI=1S/C24H42O.2C2H6/c1-7-12-24(10-4,11-5)15-16(6)19-14-20-21-17(8-2)13-18(9-3)22(21)23(19)25-20;2*1-2/h17-23H,6-15H2,1-5H3;2*1-2H3. The Bertz CT molecular complexity index is 463. The Morgan fingerprint density at radius 3 is 1.90 bits per heavy atom. The van der Waals surface area contributed by atoms with Crippen LogP contribution >= 0.6 is 0 Å². The van der Waals surface area contributed by atoms with Crippen molar-refractivity contribution in [3.8, 4) is 0 Å². The Hall–Kier alpha value is -0.300. The third-order valence-corrected chi connectivity index (χ3v) is 8.62. The second-order valence-electron chi connectivity index (χ2n) is 9.50. The summed E-state index contributed by atoms with van der Waals surface area (Å²) in [6, 6.07) is 0. The largest absolute Gasteiger partial charge is 0.374 e. The van der Waals surface area contributed by atoms with Crippen LogP contribution in [0.4, 0.5) is 0 Å². The van der Waals surface area contributed by atoms with Gasteiger partial charge in [-0.05, 0) is 54.8 Å². The molecule has 0 aromatic rings. The van der Waals surface area contributed by atoms with E-state index in [1.165, 1.54) is 63.4 Å². The molecular weight excluding hydrogens is 352 g/mol. The highest BCUT2D eigenvalue weighted by atomic mass is 16.5. The molecule has 1 saturated carbocycles. The Labute approximate surface area is 184 Å². The summed E-state index contributed by atoms with van der Waals surface area (Å²) in [5, 5.41) is 0. The molecule has 1 aliphatic carbocycles. The van der Waals surface area contributed by atoms with E-state index in [9.17, 15) is 0 Å². The van der Waals surface area contributed by atoms with Crippen LogP contribution in [0.1, 0.15) is 120 Å². The van der Waals surface area contributed by atoms with Gasteiger partial charge in [0.2, 0.25) is 0 Å². The van der Waals surface area contributed by atoms with Crippen molar-refractivity contribution >= 4 is 0 Å². The number of hydrogen-bond donors (Lipinski definition) is 0. The van der Waals surface area contributed by atoms with Crippen molar-refractivity contribution in [1.82, 2.24) is 0 Å². The smallest absolute Gasteiger partial charge is 0.0679 e. The lowest BCUT2D eigenvalue weighted by atomic mass is 9.65. The molecule has 0 spiro atoms. The summed E-state index contributed by atoms with van der Waals surface area (Å²) in [7, 11) is 0. The molecule has 0 aromatic heterocycles. The maximum Gasteiger partial charge on any atom is 0.0679 e. The Morgan fingerprint density at radius 1 is 0.862 bits per heavy atom. The highest BCUT2D eigenvalue weighted by Gasteiger charge is 2.61. The van der Waals surface area contributed by atoms with Gasteiger partial charge in [0.1, 0.15) is 0 Å². The molecule has 172 valence electrons. The third-order valence-electron chi connectivity index (χ3n) is 8.62. The molecule has 3 rings (SSSR count). The minimum Gasteiger partial charge on any atom is -0.374 e. The van der Waals surface area contributed by atoms with Crippen LogP contribution in [0.15, 0.2) is 12.2 Å². The van der Waals surface area contributed by atoms with E-state index in [0.717, 1.165) is 23.7 Å². The topological polar surface area (TPSA) is 9.23 Å². The van der Waals surface area contributed by atoms with Gasteiger partial charge in [0.15, 0.2) is 0 Å². The van der Waals surface area contributed by atoms with Crippen molar-refractivity contribution in [3.63, 3.8) is 0 Å². The maximum absolute atomic E-state index is 6.62. The van der Waals surface area contributed by atoms with Gasteiger partial charge in [-0.3, -0.25) is 0 Å². The zero-order valence-electron chi connectivity index (χ0n) is 21.5. The predicted molar refractivity (Wildman–Crippen MR) is 130 cm³/mol. The second-order valence-corrected chi connectivity index (χ2v) is 9.50. The van der Waals surface area contributed by atoms with Crippen LogP contribution in [-0.4, -0.2) is 12.2 Å². The van der Waals surface area contributed by atoms with Crippen LogP contribution in [-0.2, 0) is 4.74 Å². The van der Waals surface area contributed by atoms with E-state index in [0.29, 0.717) is 23.5 Å². The summed E-state index contributed by atoms with van der Waals surface area (Å²) in [5.74, 6) is 4.16. The molecule has 7 unspecified atom stereocenters.